The molecule has 0 bridgehead atoms. The first-order valence-electron chi connectivity index (χ1n) is 5.74. The van der Waals surface area contributed by atoms with E-state index in [-0.39, 0.29) is 5.69 Å². The fourth-order valence-electron chi connectivity index (χ4n) is 1.74. The Morgan fingerprint density at radius 3 is 2.65 bits per heavy atom. The van der Waals surface area contributed by atoms with E-state index in [0.29, 0.717) is 5.69 Å². The van der Waals surface area contributed by atoms with E-state index in [1.807, 2.05) is 19.1 Å². The molecule has 0 aliphatic carbocycles. The van der Waals surface area contributed by atoms with Crippen molar-refractivity contribution in [3.8, 4) is 0 Å². The SMILES string of the molecule is Cc1cc(Nc2cc(F)c(C(=O)O)cc2N)ccc1Br. The minimum Gasteiger partial charge on any atom is -0.478 e. The molecule has 2 aromatic rings. The van der Waals surface area contributed by atoms with Gasteiger partial charge in [0.25, 0.3) is 0 Å². The molecule has 0 saturated carbocycles. The molecule has 4 N–H and O–H groups in total. The van der Waals surface area contributed by atoms with E-state index in [2.05, 4.69) is 21.2 Å². The van der Waals surface area contributed by atoms with E-state index in [1.165, 1.54) is 0 Å². The van der Waals surface area contributed by atoms with E-state index in [9.17, 15) is 9.18 Å². The van der Waals surface area contributed by atoms with Gasteiger partial charge in [-0.05, 0) is 36.8 Å². The van der Waals surface area contributed by atoms with Crippen molar-refractivity contribution in [3.05, 3.63) is 51.7 Å². The predicted molar refractivity (Wildman–Crippen MR) is 79.9 cm³/mol. The van der Waals surface area contributed by atoms with Crippen LogP contribution < -0.4 is 11.1 Å². The zero-order valence-electron chi connectivity index (χ0n) is 10.6. The summed E-state index contributed by atoms with van der Waals surface area (Å²) in [5.41, 5.74) is 7.54. The number of hydrogen-bond donors (Lipinski definition) is 3. The molecule has 0 radical (unpaired) electrons. The minimum atomic E-state index is -1.35. The summed E-state index contributed by atoms with van der Waals surface area (Å²) in [4.78, 5) is 10.8. The summed E-state index contributed by atoms with van der Waals surface area (Å²) in [6.07, 6.45) is 0. The van der Waals surface area contributed by atoms with E-state index in [4.69, 9.17) is 10.8 Å². The van der Waals surface area contributed by atoms with Crippen molar-refractivity contribution in [3.63, 3.8) is 0 Å². The van der Waals surface area contributed by atoms with Crippen LogP contribution in [-0.4, -0.2) is 11.1 Å². The number of anilines is 3. The monoisotopic (exact) mass is 338 g/mol. The van der Waals surface area contributed by atoms with Crippen molar-refractivity contribution in [1.82, 2.24) is 0 Å². The van der Waals surface area contributed by atoms with Crippen molar-refractivity contribution in [2.75, 3.05) is 11.1 Å². The topological polar surface area (TPSA) is 75.3 Å². The number of nitrogens with one attached hydrogen (secondary N) is 1. The van der Waals surface area contributed by atoms with Gasteiger partial charge in [0, 0.05) is 16.2 Å². The van der Waals surface area contributed by atoms with Crippen LogP contribution in [-0.2, 0) is 0 Å². The zero-order valence-corrected chi connectivity index (χ0v) is 12.2. The number of rotatable bonds is 3. The van der Waals surface area contributed by atoms with Gasteiger partial charge in [-0.1, -0.05) is 15.9 Å². The van der Waals surface area contributed by atoms with Crippen LogP contribution in [0.2, 0.25) is 0 Å². The molecule has 0 fully saturated rings. The highest BCUT2D eigenvalue weighted by molar-refractivity contribution is 9.10. The summed E-state index contributed by atoms with van der Waals surface area (Å²) in [5.74, 6) is -2.18. The number of aromatic carboxylic acids is 1. The smallest absolute Gasteiger partial charge is 0.338 e. The summed E-state index contributed by atoms with van der Waals surface area (Å²) in [5, 5.41) is 11.8. The molecule has 0 aromatic heterocycles. The van der Waals surface area contributed by atoms with Gasteiger partial charge in [0.05, 0.1) is 16.9 Å². The fraction of sp³-hybridized carbons (Fsp3) is 0.0714. The molecule has 2 aromatic carbocycles. The summed E-state index contributed by atoms with van der Waals surface area (Å²) in [6, 6.07) is 7.71. The molecule has 6 heteroatoms. The second-order valence-electron chi connectivity index (χ2n) is 4.31. The Balaban J connectivity index is 2.36. The van der Waals surface area contributed by atoms with Gasteiger partial charge < -0.3 is 16.2 Å². The van der Waals surface area contributed by atoms with Crippen LogP contribution in [0.4, 0.5) is 21.5 Å². The van der Waals surface area contributed by atoms with Crippen molar-refractivity contribution >= 4 is 39.0 Å². The van der Waals surface area contributed by atoms with E-state index < -0.39 is 17.3 Å². The first-order valence-corrected chi connectivity index (χ1v) is 6.53. The standard InChI is InChI=1S/C14H12BrFN2O2/c1-7-4-8(2-3-10(7)15)18-13-6-11(16)9(14(19)20)5-12(13)17/h2-6,18H,17H2,1H3,(H,19,20). The highest BCUT2D eigenvalue weighted by Gasteiger charge is 2.13. The minimum absolute atomic E-state index is 0.171. The lowest BCUT2D eigenvalue weighted by atomic mass is 10.1. The number of hydrogen-bond acceptors (Lipinski definition) is 3. The lowest BCUT2D eigenvalue weighted by molar-refractivity contribution is 0.0692. The maximum atomic E-state index is 13.6. The molecule has 20 heavy (non-hydrogen) atoms. The second kappa shape index (κ2) is 5.50. The van der Waals surface area contributed by atoms with Crippen LogP contribution in [0.3, 0.4) is 0 Å². The average Bonchev–Trinajstić information content (AvgIpc) is 2.37. The summed E-state index contributed by atoms with van der Waals surface area (Å²) in [7, 11) is 0. The molecule has 4 nitrogen and oxygen atoms in total. The summed E-state index contributed by atoms with van der Waals surface area (Å²) < 4.78 is 14.6. The van der Waals surface area contributed by atoms with Crippen molar-refractivity contribution in [2.45, 2.75) is 6.92 Å². The van der Waals surface area contributed by atoms with Crippen LogP contribution in [0.15, 0.2) is 34.8 Å². The van der Waals surface area contributed by atoms with Crippen LogP contribution in [0.25, 0.3) is 0 Å². The molecule has 0 atom stereocenters. The van der Waals surface area contributed by atoms with Gasteiger partial charge in [0.1, 0.15) is 5.82 Å². The molecular weight excluding hydrogens is 327 g/mol. The fourth-order valence-corrected chi connectivity index (χ4v) is 1.99. The van der Waals surface area contributed by atoms with Crippen molar-refractivity contribution in [1.29, 1.82) is 0 Å². The van der Waals surface area contributed by atoms with Crippen molar-refractivity contribution in [2.24, 2.45) is 0 Å². The van der Waals surface area contributed by atoms with E-state index in [0.717, 1.165) is 27.9 Å². The Morgan fingerprint density at radius 2 is 2.05 bits per heavy atom. The maximum absolute atomic E-state index is 13.6. The average molecular weight is 339 g/mol. The molecule has 2 rings (SSSR count). The third-order valence-corrected chi connectivity index (χ3v) is 3.70. The normalized spacial score (nSPS) is 10.3. The maximum Gasteiger partial charge on any atom is 0.338 e. The lowest BCUT2D eigenvalue weighted by Crippen LogP contribution is -2.05. The first kappa shape index (κ1) is 14.3. The van der Waals surface area contributed by atoms with Gasteiger partial charge in [0.2, 0.25) is 0 Å². The van der Waals surface area contributed by atoms with Gasteiger partial charge in [-0.25, -0.2) is 9.18 Å². The lowest BCUT2D eigenvalue weighted by Gasteiger charge is -2.12. The van der Waals surface area contributed by atoms with Crippen LogP contribution in [0.5, 0.6) is 0 Å². The Morgan fingerprint density at radius 1 is 1.35 bits per heavy atom. The molecule has 0 aliphatic heterocycles. The number of benzene rings is 2. The first-order chi connectivity index (χ1) is 9.38. The van der Waals surface area contributed by atoms with Crippen LogP contribution in [0, 0.1) is 12.7 Å². The van der Waals surface area contributed by atoms with Gasteiger partial charge in [0.15, 0.2) is 0 Å². The highest BCUT2D eigenvalue weighted by atomic mass is 79.9. The molecule has 0 unspecified atom stereocenters. The highest BCUT2D eigenvalue weighted by Crippen LogP contribution is 2.28. The van der Waals surface area contributed by atoms with Crippen LogP contribution in [0.1, 0.15) is 15.9 Å². The molecule has 0 aliphatic rings. The summed E-state index contributed by atoms with van der Waals surface area (Å²) in [6.45, 7) is 1.92. The number of carboxylic acid groups (broad SMARTS) is 1. The predicted octanol–water partition coefficient (Wildman–Crippen LogP) is 3.92. The van der Waals surface area contributed by atoms with Crippen LogP contribution >= 0.6 is 15.9 Å². The van der Waals surface area contributed by atoms with E-state index >= 15 is 0 Å². The van der Waals surface area contributed by atoms with Gasteiger partial charge in [-0.15, -0.1) is 0 Å². The molecule has 0 saturated heterocycles. The Bertz CT molecular complexity index is 689. The van der Waals surface area contributed by atoms with Gasteiger partial charge in [-0.3, -0.25) is 0 Å². The zero-order chi connectivity index (χ0) is 14.9. The quantitative estimate of drug-likeness (QED) is 0.741. The third kappa shape index (κ3) is 2.91. The number of aryl methyl sites for hydroxylation is 1. The number of carbonyl (C=O) groups is 1. The largest absolute Gasteiger partial charge is 0.478 e. The molecule has 0 heterocycles. The Hall–Kier alpha value is -2.08. The Kier molecular flexibility index (Phi) is 3.94. The molecule has 0 spiro atoms. The molecular formula is C14H12BrFN2O2. The molecule has 0 amide bonds. The van der Waals surface area contributed by atoms with E-state index in [1.54, 1.807) is 6.07 Å². The van der Waals surface area contributed by atoms with Gasteiger partial charge in [-0.2, -0.15) is 0 Å². The number of halogens is 2. The summed E-state index contributed by atoms with van der Waals surface area (Å²) >= 11 is 3.39. The van der Waals surface area contributed by atoms with Gasteiger partial charge >= 0.3 is 5.97 Å². The number of nitrogens with two attached hydrogens (primary N) is 1. The third-order valence-electron chi connectivity index (χ3n) is 2.81. The molecule has 104 valence electrons. The Labute approximate surface area is 123 Å². The second-order valence-corrected chi connectivity index (χ2v) is 5.17. The number of carboxylic acids is 1. The number of nitrogen functional groups attached to an aromatic ring is 1. The van der Waals surface area contributed by atoms with Crippen molar-refractivity contribution < 1.29 is 14.3 Å².